The molecule has 0 radical (unpaired) electrons. The molecule has 8 heteroatoms. The first-order valence-corrected chi connectivity index (χ1v) is 7.61. The van der Waals surface area contributed by atoms with Crippen molar-refractivity contribution in [1.29, 1.82) is 0 Å². The molecular formula is C13H16F3NO3S. The molecular weight excluding hydrogens is 307 g/mol. The van der Waals surface area contributed by atoms with Crippen molar-refractivity contribution >= 4 is 15.5 Å². The molecule has 0 aliphatic carbocycles. The fraction of sp³-hybridized carbons (Fsp3) is 0.385. The highest BCUT2D eigenvalue weighted by molar-refractivity contribution is 7.92. The predicted molar refractivity (Wildman–Crippen MR) is 73.8 cm³/mol. The lowest BCUT2D eigenvalue weighted by molar-refractivity contribution is -0.0436. The van der Waals surface area contributed by atoms with Crippen LogP contribution in [0.25, 0.3) is 0 Å². The van der Waals surface area contributed by atoms with Gasteiger partial charge in [0.15, 0.2) is 0 Å². The van der Waals surface area contributed by atoms with Crippen molar-refractivity contribution in [2.45, 2.75) is 16.8 Å². The van der Waals surface area contributed by atoms with E-state index in [1.165, 1.54) is 12.1 Å². The Kier molecular flexibility index (Phi) is 6.22. The largest absolute Gasteiger partial charge is 0.501 e. The van der Waals surface area contributed by atoms with Crippen LogP contribution in [0.1, 0.15) is 6.42 Å². The molecule has 0 heterocycles. The number of sulfone groups is 1. The van der Waals surface area contributed by atoms with Crippen LogP contribution >= 0.6 is 0 Å². The minimum absolute atomic E-state index is 0.427. The van der Waals surface area contributed by atoms with Crippen molar-refractivity contribution in [2.24, 2.45) is 0 Å². The predicted octanol–water partition coefficient (Wildman–Crippen LogP) is 2.98. The van der Waals surface area contributed by atoms with Gasteiger partial charge in [-0.3, -0.25) is 0 Å². The minimum Gasteiger partial charge on any atom is -0.383 e. The quantitative estimate of drug-likeness (QED) is 0.590. The fourth-order valence-electron chi connectivity index (χ4n) is 1.42. The lowest BCUT2D eigenvalue weighted by Crippen LogP contribution is -2.23. The number of hydrogen-bond donors (Lipinski definition) is 1. The van der Waals surface area contributed by atoms with Crippen LogP contribution in [0.15, 0.2) is 41.8 Å². The average Bonchev–Trinajstić information content (AvgIpc) is 2.42. The van der Waals surface area contributed by atoms with Crippen molar-refractivity contribution in [2.75, 3.05) is 25.1 Å². The second kappa shape index (κ2) is 7.46. The molecule has 21 heavy (non-hydrogen) atoms. The standard InChI is InChI=1S/C13H16F3NO3S/c1-2-3-9-20-10-8-17-11-4-6-12(7-5-11)21(18,19)13(14,15)16/h2,4-7,17H,1,3,8-10H2. The fourth-order valence-corrected chi connectivity index (χ4v) is 2.18. The Morgan fingerprint density at radius 3 is 2.33 bits per heavy atom. The van der Waals surface area contributed by atoms with Crippen LogP contribution in [0.5, 0.6) is 0 Å². The van der Waals surface area contributed by atoms with Gasteiger partial charge < -0.3 is 10.1 Å². The van der Waals surface area contributed by atoms with Crippen molar-refractivity contribution in [3.05, 3.63) is 36.9 Å². The second-order valence-corrected chi connectivity index (χ2v) is 6.03. The third-order valence-corrected chi connectivity index (χ3v) is 4.01. The summed E-state index contributed by atoms with van der Waals surface area (Å²) in [6, 6.07) is 4.40. The summed E-state index contributed by atoms with van der Waals surface area (Å²) < 4.78 is 64.6. The van der Waals surface area contributed by atoms with Gasteiger partial charge in [-0.05, 0) is 30.7 Å². The van der Waals surface area contributed by atoms with Crippen molar-refractivity contribution in [1.82, 2.24) is 0 Å². The van der Waals surface area contributed by atoms with Gasteiger partial charge in [-0.2, -0.15) is 13.2 Å². The monoisotopic (exact) mass is 323 g/mol. The molecule has 1 aromatic carbocycles. The van der Waals surface area contributed by atoms with Gasteiger partial charge in [0.25, 0.3) is 9.84 Å². The lowest BCUT2D eigenvalue weighted by Gasteiger charge is -2.10. The topological polar surface area (TPSA) is 55.4 Å². The van der Waals surface area contributed by atoms with Crippen LogP contribution in [-0.2, 0) is 14.6 Å². The Morgan fingerprint density at radius 1 is 1.19 bits per heavy atom. The number of halogens is 3. The molecule has 0 saturated heterocycles. The molecule has 0 aromatic heterocycles. The molecule has 0 saturated carbocycles. The van der Waals surface area contributed by atoms with Crippen LogP contribution in [0.4, 0.5) is 18.9 Å². The summed E-state index contributed by atoms with van der Waals surface area (Å²) in [6.07, 6.45) is 2.47. The number of benzene rings is 1. The summed E-state index contributed by atoms with van der Waals surface area (Å²) in [6.45, 7) is 4.98. The Balaban J connectivity index is 2.53. The smallest absolute Gasteiger partial charge is 0.383 e. The van der Waals surface area contributed by atoms with Gasteiger partial charge in [0.2, 0.25) is 0 Å². The summed E-state index contributed by atoms with van der Waals surface area (Å²) in [5, 5.41) is 2.91. The molecule has 1 rings (SSSR count). The number of hydrogen-bond acceptors (Lipinski definition) is 4. The van der Waals surface area contributed by atoms with Crippen molar-refractivity contribution in [3.63, 3.8) is 0 Å². The maximum atomic E-state index is 12.3. The molecule has 1 aromatic rings. The third kappa shape index (κ3) is 5.05. The first kappa shape index (κ1) is 17.5. The number of ether oxygens (including phenoxy) is 1. The molecule has 0 amide bonds. The van der Waals surface area contributed by atoms with Crippen LogP contribution in [0.3, 0.4) is 0 Å². The van der Waals surface area contributed by atoms with Gasteiger partial charge in [-0.15, -0.1) is 6.58 Å². The van der Waals surface area contributed by atoms with E-state index in [4.69, 9.17) is 4.74 Å². The summed E-state index contributed by atoms with van der Waals surface area (Å²) in [4.78, 5) is -0.775. The molecule has 0 aliphatic heterocycles. The highest BCUT2D eigenvalue weighted by Gasteiger charge is 2.46. The normalized spacial score (nSPS) is 12.1. The average molecular weight is 323 g/mol. The van der Waals surface area contributed by atoms with E-state index in [1.54, 1.807) is 6.08 Å². The minimum atomic E-state index is -5.29. The molecule has 4 nitrogen and oxygen atoms in total. The summed E-state index contributed by atoms with van der Waals surface area (Å²) in [7, 11) is -5.29. The zero-order valence-corrected chi connectivity index (χ0v) is 12.0. The first-order valence-electron chi connectivity index (χ1n) is 6.13. The van der Waals surface area contributed by atoms with E-state index in [9.17, 15) is 21.6 Å². The van der Waals surface area contributed by atoms with E-state index in [0.29, 0.717) is 25.4 Å². The summed E-state index contributed by atoms with van der Waals surface area (Å²) in [5.41, 5.74) is -4.77. The molecule has 0 unspecified atom stereocenters. The Hall–Kier alpha value is -1.54. The van der Waals surface area contributed by atoms with Gasteiger partial charge in [0.05, 0.1) is 18.1 Å². The van der Waals surface area contributed by atoms with E-state index in [0.717, 1.165) is 18.6 Å². The number of nitrogens with one attached hydrogen (secondary N) is 1. The Morgan fingerprint density at radius 2 is 1.81 bits per heavy atom. The SMILES string of the molecule is C=CCCOCCNc1ccc(S(=O)(=O)C(F)(F)F)cc1. The highest BCUT2D eigenvalue weighted by atomic mass is 32.2. The van der Waals surface area contributed by atoms with Gasteiger partial charge in [0, 0.05) is 12.2 Å². The van der Waals surface area contributed by atoms with E-state index < -0.39 is 20.2 Å². The molecule has 1 N–H and O–H groups in total. The van der Waals surface area contributed by atoms with Gasteiger partial charge in [0.1, 0.15) is 0 Å². The lowest BCUT2D eigenvalue weighted by atomic mass is 10.3. The Bertz CT molecular complexity index is 553. The van der Waals surface area contributed by atoms with Crippen LogP contribution in [-0.4, -0.2) is 33.7 Å². The van der Waals surface area contributed by atoms with Crippen LogP contribution < -0.4 is 5.32 Å². The molecule has 0 aliphatic rings. The molecule has 118 valence electrons. The maximum absolute atomic E-state index is 12.3. The zero-order chi connectivity index (χ0) is 15.9. The van der Waals surface area contributed by atoms with Gasteiger partial charge >= 0.3 is 5.51 Å². The molecule has 0 atom stereocenters. The molecule has 0 fully saturated rings. The van der Waals surface area contributed by atoms with Crippen LogP contribution in [0, 0.1) is 0 Å². The number of anilines is 1. The van der Waals surface area contributed by atoms with Gasteiger partial charge in [-0.1, -0.05) is 6.08 Å². The molecule has 0 bridgehead atoms. The first-order chi connectivity index (χ1) is 9.79. The zero-order valence-electron chi connectivity index (χ0n) is 11.2. The summed E-state index contributed by atoms with van der Waals surface area (Å²) in [5.74, 6) is 0. The van der Waals surface area contributed by atoms with E-state index in [1.807, 2.05) is 0 Å². The third-order valence-electron chi connectivity index (χ3n) is 2.51. The van der Waals surface area contributed by atoms with E-state index >= 15 is 0 Å². The van der Waals surface area contributed by atoms with E-state index in [-0.39, 0.29) is 0 Å². The van der Waals surface area contributed by atoms with E-state index in [2.05, 4.69) is 11.9 Å². The Labute approximate surface area is 121 Å². The summed E-state index contributed by atoms with van der Waals surface area (Å²) >= 11 is 0. The number of rotatable bonds is 8. The van der Waals surface area contributed by atoms with Crippen LogP contribution in [0.2, 0.25) is 0 Å². The number of alkyl halides is 3. The highest BCUT2D eigenvalue weighted by Crippen LogP contribution is 2.30. The van der Waals surface area contributed by atoms with Gasteiger partial charge in [-0.25, -0.2) is 8.42 Å². The molecule has 0 spiro atoms. The van der Waals surface area contributed by atoms with Crippen molar-refractivity contribution in [3.8, 4) is 0 Å². The van der Waals surface area contributed by atoms with Crippen molar-refractivity contribution < 1.29 is 26.3 Å². The second-order valence-electron chi connectivity index (χ2n) is 4.09. The maximum Gasteiger partial charge on any atom is 0.501 e.